The lowest BCUT2D eigenvalue weighted by Crippen LogP contribution is -2.26. The summed E-state index contributed by atoms with van der Waals surface area (Å²) in [5.41, 5.74) is 2.66. The average molecular weight is 280 g/mol. The van der Waals surface area contributed by atoms with Gasteiger partial charge >= 0.3 is 0 Å². The summed E-state index contributed by atoms with van der Waals surface area (Å²) >= 11 is 1.76. The topological polar surface area (TPSA) is 24.9 Å². The number of nitrogens with one attached hydrogen (secondary N) is 1. The largest absolute Gasteiger partial charge is 0.311 e. The Kier molecular flexibility index (Phi) is 5.75. The van der Waals surface area contributed by atoms with Crippen molar-refractivity contribution in [1.29, 1.82) is 0 Å². The first kappa shape index (κ1) is 16.4. The standard InChI is InChI=1S/C16H28N2S/c1-11(2)13(9-17-12(3)4)8-14-10-19-15(18-14)16(5,6)7/h8,10-12,17H,9H2,1-7H3. The summed E-state index contributed by atoms with van der Waals surface area (Å²) in [6.07, 6.45) is 2.24. The van der Waals surface area contributed by atoms with Gasteiger partial charge < -0.3 is 5.32 Å². The molecule has 0 radical (unpaired) electrons. The summed E-state index contributed by atoms with van der Waals surface area (Å²) in [6.45, 7) is 16.4. The second-order valence-corrected chi connectivity index (χ2v) is 7.60. The molecular formula is C16H28N2S. The van der Waals surface area contributed by atoms with Crippen LogP contribution in [-0.4, -0.2) is 17.6 Å². The van der Waals surface area contributed by atoms with Crippen LogP contribution in [0, 0.1) is 5.92 Å². The molecule has 1 aromatic heterocycles. The molecule has 3 heteroatoms. The highest BCUT2D eigenvalue weighted by Crippen LogP contribution is 2.26. The Morgan fingerprint density at radius 2 is 1.95 bits per heavy atom. The highest BCUT2D eigenvalue weighted by Gasteiger charge is 2.17. The molecule has 0 fully saturated rings. The molecule has 0 aliphatic rings. The van der Waals surface area contributed by atoms with Crippen LogP contribution in [0.15, 0.2) is 11.0 Å². The van der Waals surface area contributed by atoms with E-state index < -0.39 is 0 Å². The van der Waals surface area contributed by atoms with Gasteiger partial charge in [-0.1, -0.05) is 54.0 Å². The van der Waals surface area contributed by atoms with E-state index in [4.69, 9.17) is 4.98 Å². The van der Waals surface area contributed by atoms with Gasteiger partial charge in [0.2, 0.25) is 0 Å². The second kappa shape index (κ2) is 6.67. The van der Waals surface area contributed by atoms with Gasteiger partial charge in [0.25, 0.3) is 0 Å². The van der Waals surface area contributed by atoms with E-state index in [1.807, 2.05) is 0 Å². The third kappa shape index (κ3) is 5.45. The fraction of sp³-hybridized carbons (Fsp3) is 0.688. The predicted molar refractivity (Wildman–Crippen MR) is 86.8 cm³/mol. The molecule has 0 saturated heterocycles. The summed E-state index contributed by atoms with van der Waals surface area (Å²) in [4.78, 5) is 4.75. The molecule has 0 aliphatic heterocycles. The number of thiazole rings is 1. The van der Waals surface area contributed by atoms with Gasteiger partial charge in [0, 0.05) is 23.4 Å². The van der Waals surface area contributed by atoms with Gasteiger partial charge in [0.1, 0.15) is 0 Å². The molecule has 0 aromatic carbocycles. The maximum Gasteiger partial charge on any atom is 0.0985 e. The normalized spacial score (nSPS) is 13.6. The van der Waals surface area contributed by atoms with Crippen LogP contribution in [0.2, 0.25) is 0 Å². The van der Waals surface area contributed by atoms with E-state index >= 15 is 0 Å². The van der Waals surface area contributed by atoms with Crippen molar-refractivity contribution in [2.45, 2.75) is 59.9 Å². The number of aromatic nitrogens is 1. The summed E-state index contributed by atoms with van der Waals surface area (Å²) in [5, 5.41) is 6.86. The summed E-state index contributed by atoms with van der Waals surface area (Å²) in [7, 11) is 0. The van der Waals surface area contributed by atoms with Crippen LogP contribution in [0.3, 0.4) is 0 Å². The molecule has 0 saturated carbocycles. The summed E-state index contributed by atoms with van der Waals surface area (Å²) < 4.78 is 0. The quantitative estimate of drug-likeness (QED) is 0.860. The summed E-state index contributed by atoms with van der Waals surface area (Å²) in [6, 6.07) is 0.516. The van der Waals surface area contributed by atoms with Gasteiger partial charge in [-0.15, -0.1) is 11.3 Å². The van der Waals surface area contributed by atoms with Crippen LogP contribution in [0.1, 0.15) is 59.2 Å². The van der Waals surface area contributed by atoms with Gasteiger partial charge in [-0.3, -0.25) is 0 Å². The first-order valence-electron chi connectivity index (χ1n) is 7.10. The number of rotatable bonds is 5. The van der Waals surface area contributed by atoms with Crippen LogP contribution < -0.4 is 5.32 Å². The third-order valence-corrected chi connectivity index (χ3v) is 4.24. The van der Waals surface area contributed by atoms with Gasteiger partial charge in [-0.25, -0.2) is 4.98 Å². The maximum atomic E-state index is 4.75. The average Bonchev–Trinajstić information content (AvgIpc) is 2.71. The molecule has 19 heavy (non-hydrogen) atoms. The molecule has 0 spiro atoms. The number of hydrogen-bond donors (Lipinski definition) is 1. The maximum absolute atomic E-state index is 4.75. The van der Waals surface area contributed by atoms with E-state index in [2.05, 4.69) is 65.2 Å². The Morgan fingerprint density at radius 3 is 2.37 bits per heavy atom. The molecule has 1 aromatic rings. The Labute approximate surface area is 122 Å². The van der Waals surface area contributed by atoms with Gasteiger partial charge in [0.05, 0.1) is 10.7 Å². The lowest BCUT2D eigenvalue weighted by molar-refractivity contribution is 0.584. The lowest BCUT2D eigenvalue weighted by Gasteiger charge is -2.15. The van der Waals surface area contributed by atoms with Crippen molar-refractivity contribution < 1.29 is 0 Å². The number of nitrogens with zero attached hydrogens (tertiary/aromatic N) is 1. The van der Waals surface area contributed by atoms with Gasteiger partial charge in [-0.05, 0) is 12.0 Å². The van der Waals surface area contributed by atoms with Crippen molar-refractivity contribution in [2.75, 3.05) is 6.54 Å². The zero-order chi connectivity index (χ0) is 14.6. The lowest BCUT2D eigenvalue weighted by atomic mass is 9.98. The minimum Gasteiger partial charge on any atom is -0.311 e. The van der Waals surface area contributed by atoms with E-state index in [0.717, 1.165) is 12.2 Å². The Bertz CT molecular complexity index is 422. The van der Waals surface area contributed by atoms with E-state index in [9.17, 15) is 0 Å². The van der Waals surface area contributed by atoms with Crippen LogP contribution >= 0.6 is 11.3 Å². The van der Waals surface area contributed by atoms with Crippen molar-refractivity contribution >= 4 is 17.4 Å². The van der Waals surface area contributed by atoms with Crippen LogP contribution in [0.5, 0.6) is 0 Å². The fourth-order valence-electron chi connectivity index (χ4n) is 1.63. The second-order valence-electron chi connectivity index (χ2n) is 6.74. The monoisotopic (exact) mass is 280 g/mol. The van der Waals surface area contributed by atoms with Gasteiger partial charge in [-0.2, -0.15) is 0 Å². The van der Waals surface area contributed by atoms with Crippen molar-refractivity contribution in [1.82, 2.24) is 10.3 Å². The molecule has 0 atom stereocenters. The van der Waals surface area contributed by atoms with E-state index in [1.54, 1.807) is 11.3 Å². The van der Waals surface area contributed by atoms with Crippen LogP contribution in [-0.2, 0) is 5.41 Å². The molecular weight excluding hydrogens is 252 g/mol. The van der Waals surface area contributed by atoms with E-state index in [0.29, 0.717) is 12.0 Å². The molecule has 0 amide bonds. The van der Waals surface area contributed by atoms with Crippen LogP contribution in [0.4, 0.5) is 0 Å². The fourth-order valence-corrected chi connectivity index (χ4v) is 2.50. The van der Waals surface area contributed by atoms with Crippen molar-refractivity contribution in [2.24, 2.45) is 5.92 Å². The summed E-state index contributed by atoms with van der Waals surface area (Å²) in [5.74, 6) is 0.547. The first-order chi connectivity index (χ1) is 8.70. The molecule has 0 bridgehead atoms. The zero-order valence-corrected chi connectivity index (χ0v) is 14.2. The highest BCUT2D eigenvalue weighted by atomic mass is 32.1. The highest BCUT2D eigenvalue weighted by molar-refractivity contribution is 7.09. The van der Waals surface area contributed by atoms with Crippen molar-refractivity contribution in [3.8, 4) is 0 Å². The Hall–Kier alpha value is -0.670. The Balaban J connectivity index is 2.87. The molecule has 0 unspecified atom stereocenters. The minimum absolute atomic E-state index is 0.144. The van der Waals surface area contributed by atoms with Gasteiger partial charge in [0.15, 0.2) is 0 Å². The minimum atomic E-state index is 0.144. The molecule has 1 heterocycles. The SMILES string of the molecule is CC(C)NCC(=Cc1csc(C(C)(C)C)n1)C(C)C. The molecule has 1 N–H and O–H groups in total. The Morgan fingerprint density at radius 1 is 1.32 bits per heavy atom. The van der Waals surface area contributed by atoms with Crippen LogP contribution in [0.25, 0.3) is 6.08 Å². The number of hydrogen-bond acceptors (Lipinski definition) is 3. The van der Waals surface area contributed by atoms with E-state index in [-0.39, 0.29) is 5.41 Å². The zero-order valence-electron chi connectivity index (χ0n) is 13.4. The van der Waals surface area contributed by atoms with E-state index in [1.165, 1.54) is 10.6 Å². The van der Waals surface area contributed by atoms with Crippen molar-refractivity contribution in [3.63, 3.8) is 0 Å². The molecule has 1 rings (SSSR count). The smallest absolute Gasteiger partial charge is 0.0985 e. The molecule has 2 nitrogen and oxygen atoms in total. The third-order valence-electron chi connectivity index (χ3n) is 2.95. The molecule has 0 aliphatic carbocycles. The molecule has 108 valence electrons. The van der Waals surface area contributed by atoms with Crippen molar-refractivity contribution in [3.05, 3.63) is 21.7 Å². The predicted octanol–water partition coefficient (Wildman–Crippen LogP) is 4.48. The first-order valence-corrected chi connectivity index (χ1v) is 7.98.